The molecule has 5 heteroatoms. The highest BCUT2D eigenvalue weighted by atomic mass is 33.1. The van der Waals surface area contributed by atoms with Gasteiger partial charge in [-0.05, 0) is 47.7 Å². The topological polar surface area (TPSA) is 12.4 Å². The predicted molar refractivity (Wildman–Crippen MR) is 62.2 cm³/mol. The first-order valence-corrected chi connectivity index (χ1v) is 7.21. The van der Waals surface area contributed by atoms with Crippen molar-refractivity contribution >= 4 is 53.4 Å². The number of fused-ring (bicyclic) bond motifs is 1. The summed E-state index contributed by atoms with van der Waals surface area (Å²) in [6, 6.07) is 5.72. The van der Waals surface area contributed by atoms with Gasteiger partial charge in [-0.1, -0.05) is 0 Å². The average Bonchev–Trinajstić information content (AvgIpc) is 2.27. The van der Waals surface area contributed by atoms with Crippen LogP contribution in [0.25, 0.3) is 0 Å². The van der Waals surface area contributed by atoms with E-state index in [1.165, 1.54) is 0 Å². The summed E-state index contributed by atoms with van der Waals surface area (Å²) in [5.41, 5.74) is 2.60. The van der Waals surface area contributed by atoms with Crippen molar-refractivity contribution in [3.63, 3.8) is 0 Å². The van der Waals surface area contributed by atoms with Crippen molar-refractivity contribution in [3.8, 4) is 0 Å². The van der Waals surface area contributed by atoms with Gasteiger partial charge in [0.2, 0.25) is 0 Å². The largest absolute Gasteiger partial charge is 0.248 e. The first-order valence-electron chi connectivity index (χ1n) is 3.22. The molecule has 0 fully saturated rings. The Morgan fingerprint density at radius 3 is 2.83 bits per heavy atom. The Balaban J connectivity index is 2.78. The normalized spacial score (nSPS) is 17.8. The quantitative estimate of drug-likeness (QED) is 0.686. The fourth-order valence-electron chi connectivity index (χ4n) is 1.03. The molecule has 0 saturated carbocycles. The third-order valence-corrected chi connectivity index (χ3v) is 4.79. The minimum absolute atomic E-state index is 0.891. The first kappa shape index (κ1) is 8.62. The van der Waals surface area contributed by atoms with Crippen molar-refractivity contribution in [3.05, 3.63) is 18.2 Å². The van der Waals surface area contributed by atoms with E-state index in [2.05, 4.69) is 17.6 Å². The molecule has 0 spiro atoms. The Labute approximate surface area is 86.1 Å². The molecule has 62 valence electrons. The number of benzene rings is 1. The lowest BCUT2D eigenvalue weighted by molar-refractivity contribution is 1.33. The van der Waals surface area contributed by atoms with Gasteiger partial charge < -0.3 is 0 Å². The maximum atomic E-state index is 5.23. The van der Waals surface area contributed by atoms with E-state index >= 15 is 0 Å². The maximum absolute atomic E-state index is 5.23. The van der Waals surface area contributed by atoms with Crippen molar-refractivity contribution < 1.29 is 0 Å². The third kappa shape index (κ3) is 1.31. The Kier molecular flexibility index (Phi) is 1.99. The van der Waals surface area contributed by atoms with Crippen LogP contribution in [0.5, 0.6) is 0 Å². The monoisotopic (exact) mass is 231 g/mol. The molecule has 0 bridgehead atoms. The summed E-state index contributed by atoms with van der Waals surface area (Å²) in [5, 5.41) is 0. The van der Waals surface area contributed by atoms with Crippen molar-refractivity contribution in [2.24, 2.45) is 4.99 Å². The minimum atomic E-state index is -1.58. The van der Waals surface area contributed by atoms with Crippen LogP contribution >= 0.6 is 12.6 Å². The van der Waals surface area contributed by atoms with Gasteiger partial charge in [0.25, 0.3) is 0 Å². The smallest absolute Gasteiger partial charge is 0.0792 e. The highest BCUT2D eigenvalue weighted by Gasteiger charge is 2.14. The van der Waals surface area contributed by atoms with Crippen molar-refractivity contribution in [2.75, 3.05) is 0 Å². The molecule has 0 amide bonds. The van der Waals surface area contributed by atoms with Gasteiger partial charge in [-0.3, -0.25) is 0 Å². The number of rotatable bonds is 0. The molecule has 1 heterocycles. The second kappa shape index (κ2) is 2.77. The van der Waals surface area contributed by atoms with Crippen LogP contribution in [-0.4, -0.2) is 5.55 Å². The van der Waals surface area contributed by atoms with Gasteiger partial charge in [-0.25, -0.2) is 4.99 Å². The van der Waals surface area contributed by atoms with Crippen LogP contribution in [0.1, 0.15) is 0 Å². The van der Waals surface area contributed by atoms with Gasteiger partial charge in [0.05, 0.1) is 11.2 Å². The summed E-state index contributed by atoms with van der Waals surface area (Å²) in [5.74, 6) is 0. The van der Waals surface area contributed by atoms with Gasteiger partial charge >= 0.3 is 0 Å². The zero-order valence-corrected chi connectivity index (χ0v) is 9.27. The van der Waals surface area contributed by atoms with Crippen molar-refractivity contribution in [1.29, 1.82) is 0 Å². The van der Waals surface area contributed by atoms with Gasteiger partial charge in [-0.15, -0.1) is 12.6 Å². The van der Waals surface area contributed by atoms with E-state index in [0.717, 1.165) is 15.5 Å². The molecule has 1 nitrogen and oxygen atoms in total. The first-order chi connectivity index (χ1) is 5.59. The molecule has 0 unspecified atom stereocenters. The van der Waals surface area contributed by atoms with Crippen molar-refractivity contribution in [1.82, 2.24) is 0 Å². The summed E-state index contributed by atoms with van der Waals surface area (Å²) >= 11 is 14.7. The van der Waals surface area contributed by atoms with Crippen LogP contribution in [0.3, 0.4) is 0 Å². The SMILES string of the molecule is S=S1(=S)C=Nc2cc(S)ccc21. The van der Waals surface area contributed by atoms with E-state index in [1.807, 2.05) is 18.2 Å². The Bertz CT molecular complexity index is 458. The summed E-state index contributed by atoms with van der Waals surface area (Å²) in [6.45, 7) is 0. The number of nitrogens with zero attached hydrogens (tertiary/aromatic N) is 1. The number of hydrogen-bond acceptors (Lipinski definition) is 4. The second-order valence-electron chi connectivity index (χ2n) is 2.43. The van der Waals surface area contributed by atoms with Crippen molar-refractivity contribution in [2.45, 2.75) is 9.79 Å². The Hall–Kier alpha value is 0.0300. The van der Waals surface area contributed by atoms with Crippen LogP contribution in [0.15, 0.2) is 33.0 Å². The minimum Gasteiger partial charge on any atom is -0.248 e. The lowest BCUT2D eigenvalue weighted by Gasteiger charge is -2.00. The molecule has 0 N–H and O–H groups in total. The Morgan fingerprint density at radius 1 is 1.33 bits per heavy atom. The summed E-state index contributed by atoms with van der Waals surface area (Å²) in [6.07, 6.45) is 0. The van der Waals surface area contributed by atoms with E-state index < -0.39 is 7.15 Å². The van der Waals surface area contributed by atoms with E-state index in [-0.39, 0.29) is 0 Å². The molecule has 12 heavy (non-hydrogen) atoms. The molecule has 1 aliphatic rings. The van der Waals surface area contributed by atoms with Crippen LogP contribution < -0.4 is 0 Å². The number of hydrogen-bond donors (Lipinski definition) is 1. The fraction of sp³-hybridized carbons (Fsp3) is 0. The molecule has 2 rings (SSSR count). The molecule has 0 aromatic heterocycles. The van der Waals surface area contributed by atoms with Crippen LogP contribution in [0.2, 0.25) is 0 Å². The molecular formula is C7H5NS4. The van der Waals surface area contributed by atoms with Gasteiger partial charge in [0, 0.05) is 9.79 Å². The molecular weight excluding hydrogens is 226 g/mol. The number of thiol groups is 1. The Morgan fingerprint density at radius 2 is 2.08 bits per heavy atom. The van der Waals surface area contributed by atoms with E-state index in [0.29, 0.717) is 0 Å². The van der Waals surface area contributed by atoms with Crippen LogP contribution in [0, 0.1) is 0 Å². The highest BCUT2D eigenvalue weighted by molar-refractivity contribution is 8.62. The summed E-state index contributed by atoms with van der Waals surface area (Å²) < 4.78 is 0. The van der Waals surface area contributed by atoms with E-state index in [1.54, 1.807) is 5.55 Å². The fourth-order valence-corrected chi connectivity index (χ4v) is 3.36. The standard InChI is InChI=1S/C7H5NS4/c9-5-1-2-7-6(3-5)8-4-12(7,10)11/h1-4,9H. The summed E-state index contributed by atoms with van der Waals surface area (Å²) in [7, 11) is -1.58. The predicted octanol–water partition coefficient (Wildman–Crippen LogP) is 2.09. The summed E-state index contributed by atoms with van der Waals surface area (Å²) in [4.78, 5) is 6.07. The van der Waals surface area contributed by atoms with E-state index in [9.17, 15) is 0 Å². The highest BCUT2D eigenvalue weighted by Crippen LogP contribution is 2.31. The molecule has 0 atom stereocenters. The lowest BCUT2D eigenvalue weighted by atomic mass is 10.3. The molecule has 1 aromatic carbocycles. The number of aliphatic imine (C=N–C) groups is 1. The van der Waals surface area contributed by atoms with Crippen LogP contribution in [-0.2, 0) is 29.5 Å². The zero-order valence-electron chi connectivity index (χ0n) is 5.93. The molecule has 0 aliphatic carbocycles. The molecule has 1 aliphatic heterocycles. The van der Waals surface area contributed by atoms with Crippen LogP contribution in [0.4, 0.5) is 5.69 Å². The van der Waals surface area contributed by atoms with Gasteiger partial charge in [0.15, 0.2) is 0 Å². The molecule has 0 radical (unpaired) electrons. The second-order valence-corrected chi connectivity index (χ2v) is 8.48. The van der Waals surface area contributed by atoms with Gasteiger partial charge in [-0.2, -0.15) is 0 Å². The maximum Gasteiger partial charge on any atom is 0.0792 e. The van der Waals surface area contributed by atoms with Gasteiger partial charge in [0.1, 0.15) is 0 Å². The zero-order chi connectivity index (χ0) is 8.77. The molecule has 1 aromatic rings. The molecule has 0 saturated heterocycles. The van der Waals surface area contributed by atoms with E-state index in [4.69, 9.17) is 22.4 Å². The third-order valence-electron chi connectivity index (χ3n) is 1.58. The lowest BCUT2D eigenvalue weighted by Crippen LogP contribution is -1.91. The average molecular weight is 231 g/mol.